The second-order valence-corrected chi connectivity index (χ2v) is 8.62. The van der Waals surface area contributed by atoms with Crippen LogP contribution in [0.15, 0.2) is 54.6 Å². The topological polar surface area (TPSA) is 68.6 Å². The number of hydrogen-bond donors (Lipinski definition) is 1. The van der Waals surface area contributed by atoms with E-state index in [1.807, 2.05) is 68.4 Å². The molecule has 0 fully saturated rings. The van der Waals surface area contributed by atoms with Gasteiger partial charge in [-0.2, -0.15) is 5.10 Å². The van der Waals surface area contributed by atoms with Gasteiger partial charge in [0.05, 0.1) is 6.54 Å². The predicted octanol–water partition coefficient (Wildman–Crippen LogP) is 5.75. The number of anilines is 1. The van der Waals surface area contributed by atoms with Crippen LogP contribution >= 0.6 is 11.6 Å². The van der Waals surface area contributed by atoms with Gasteiger partial charge in [-0.1, -0.05) is 55.8 Å². The van der Waals surface area contributed by atoms with E-state index in [2.05, 4.69) is 29.2 Å². The van der Waals surface area contributed by atoms with E-state index in [1.54, 1.807) is 4.68 Å². The van der Waals surface area contributed by atoms with Crippen molar-refractivity contribution >= 4 is 23.5 Å². The van der Waals surface area contributed by atoms with Gasteiger partial charge < -0.3 is 14.4 Å². The fourth-order valence-electron chi connectivity index (χ4n) is 3.64. The molecule has 1 N–H and O–H groups in total. The Morgan fingerprint density at radius 1 is 1.15 bits per heavy atom. The second kappa shape index (κ2) is 12.4. The molecule has 0 aliphatic heterocycles. The van der Waals surface area contributed by atoms with E-state index in [0.717, 1.165) is 35.7 Å². The van der Waals surface area contributed by atoms with Gasteiger partial charge in [-0.05, 0) is 50.7 Å². The average Bonchev–Trinajstić information content (AvgIpc) is 3.15. The molecule has 0 saturated heterocycles. The van der Waals surface area contributed by atoms with Gasteiger partial charge in [0, 0.05) is 28.9 Å². The third-order valence-corrected chi connectivity index (χ3v) is 5.74. The molecule has 0 saturated carbocycles. The zero-order valence-corrected chi connectivity index (χ0v) is 21.0. The Balaban J connectivity index is 1.64. The van der Waals surface area contributed by atoms with Crippen molar-refractivity contribution in [2.24, 2.45) is 0 Å². The first kappa shape index (κ1) is 25.6. The van der Waals surface area contributed by atoms with Gasteiger partial charge in [-0.3, -0.25) is 10.00 Å². The highest BCUT2D eigenvalue weighted by atomic mass is 35.5. The minimum atomic E-state index is -0.515. The fraction of sp³-hybridized carbons (Fsp3) is 0.385. The molecule has 1 atom stereocenters. The summed E-state index contributed by atoms with van der Waals surface area (Å²) in [6.45, 7) is 11.4. The van der Waals surface area contributed by atoms with Crippen LogP contribution < -0.4 is 10.1 Å². The number of hydrogen-bond acceptors (Lipinski definition) is 5. The number of amides is 1. The summed E-state index contributed by atoms with van der Waals surface area (Å²) in [6.07, 6.45) is -0.738. The number of nitrogens with zero attached hydrogens (tertiary/aromatic N) is 3. The molecular formula is C26H33ClN4O3. The first-order valence-corrected chi connectivity index (χ1v) is 11.9. The maximum atomic E-state index is 12.3. The van der Waals surface area contributed by atoms with E-state index in [1.165, 1.54) is 0 Å². The molecule has 0 aliphatic carbocycles. The van der Waals surface area contributed by atoms with Crippen LogP contribution in [0.1, 0.15) is 37.6 Å². The Labute approximate surface area is 206 Å². The summed E-state index contributed by atoms with van der Waals surface area (Å²) in [7, 11) is 0. The van der Waals surface area contributed by atoms with Gasteiger partial charge in [-0.25, -0.2) is 4.79 Å². The molecule has 0 aliphatic rings. The van der Waals surface area contributed by atoms with Crippen molar-refractivity contribution in [2.75, 3.05) is 25.0 Å². The van der Waals surface area contributed by atoms with Gasteiger partial charge in [0.15, 0.2) is 5.82 Å². The molecule has 1 aromatic heterocycles. The Morgan fingerprint density at radius 2 is 1.88 bits per heavy atom. The number of carbonyl (C=O) groups excluding carboxylic acids is 1. The number of likely N-dealkylation sites (N-methyl/N-ethyl adjacent to an activating group) is 1. The summed E-state index contributed by atoms with van der Waals surface area (Å²) in [5, 5.41) is 7.88. The van der Waals surface area contributed by atoms with Crippen molar-refractivity contribution in [2.45, 2.75) is 47.0 Å². The molecule has 7 nitrogen and oxygen atoms in total. The largest absolute Gasteiger partial charge is 0.489 e. The average molecular weight is 485 g/mol. The lowest BCUT2D eigenvalue weighted by molar-refractivity contribution is 0.0928. The fourth-order valence-corrected chi connectivity index (χ4v) is 3.83. The summed E-state index contributed by atoms with van der Waals surface area (Å²) >= 11 is 6.26. The monoisotopic (exact) mass is 484 g/mol. The van der Waals surface area contributed by atoms with Crippen molar-refractivity contribution < 1.29 is 14.3 Å². The normalized spacial score (nSPS) is 11.9. The maximum absolute atomic E-state index is 12.3. The third kappa shape index (κ3) is 7.50. The first-order chi connectivity index (χ1) is 16.4. The zero-order valence-electron chi connectivity index (χ0n) is 20.3. The Kier molecular flexibility index (Phi) is 9.36. The minimum absolute atomic E-state index is 0.223. The Morgan fingerprint density at radius 3 is 2.59 bits per heavy atom. The van der Waals surface area contributed by atoms with Crippen molar-refractivity contribution in [3.63, 3.8) is 0 Å². The maximum Gasteiger partial charge on any atom is 0.413 e. The summed E-state index contributed by atoms with van der Waals surface area (Å²) in [4.78, 5) is 14.5. The van der Waals surface area contributed by atoms with E-state index < -0.39 is 6.09 Å². The van der Waals surface area contributed by atoms with E-state index >= 15 is 0 Å². The summed E-state index contributed by atoms with van der Waals surface area (Å²) in [6, 6.07) is 17.4. The van der Waals surface area contributed by atoms with Crippen molar-refractivity contribution in [1.82, 2.24) is 14.7 Å². The van der Waals surface area contributed by atoms with E-state index in [-0.39, 0.29) is 6.10 Å². The zero-order chi connectivity index (χ0) is 24.5. The van der Waals surface area contributed by atoms with E-state index in [0.29, 0.717) is 30.5 Å². The van der Waals surface area contributed by atoms with Crippen LogP contribution in [0.2, 0.25) is 5.02 Å². The number of rotatable bonds is 11. The lowest BCUT2D eigenvalue weighted by Gasteiger charge is -2.22. The van der Waals surface area contributed by atoms with E-state index in [9.17, 15) is 4.79 Å². The number of halogens is 1. The molecule has 34 heavy (non-hydrogen) atoms. The van der Waals surface area contributed by atoms with Crippen LogP contribution in [0.5, 0.6) is 5.75 Å². The molecule has 2 aromatic carbocycles. The molecular weight excluding hydrogens is 452 g/mol. The number of benzene rings is 2. The van der Waals surface area contributed by atoms with Crippen molar-refractivity contribution in [1.29, 1.82) is 0 Å². The van der Waals surface area contributed by atoms with Crippen LogP contribution in [0.25, 0.3) is 0 Å². The molecule has 1 amide bonds. The molecule has 182 valence electrons. The predicted molar refractivity (Wildman–Crippen MR) is 136 cm³/mol. The van der Waals surface area contributed by atoms with Crippen LogP contribution in [0.4, 0.5) is 10.6 Å². The van der Waals surface area contributed by atoms with Gasteiger partial charge in [-0.15, -0.1) is 0 Å². The number of ether oxygens (including phenoxy) is 2. The molecule has 3 rings (SSSR count). The van der Waals surface area contributed by atoms with Gasteiger partial charge in [0.1, 0.15) is 18.5 Å². The minimum Gasteiger partial charge on any atom is -0.489 e. The number of aromatic nitrogens is 2. The Hall–Kier alpha value is -3.03. The molecule has 3 aromatic rings. The van der Waals surface area contributed by atoms with Crippen molar-refractivity contribution in [3.05, 3.63) is 76.4 Å². The van der Waals surface area contributed by atoms with Gasteiger partial charge in [0.2, 0.25) is 0 Å². The standard InChI is InChI=1S/C26H33ClN4O3/c1-5-30(6-2)16-20(4)34-26(32)28-25-14-19(3)31(29-25)17-22-15-23(27)12-13-24(22)33-18-21-10-8-7-9-11-21/h7-15,20H,5-6,16-18H2,1-4H3,(H,28,29,32). The molecule has 1 unspecified atom stereocenters. The van der Waals surface area contributed by atoms with Crippen LogP contribution in [-0.4, -0.2) is 46.5 Å². The number of carbonyl (C=O) groups is 1. The SMILES string of the molecule is CCN(CC)CC(C)OC(=O)Nc1cc(C)n(Cc2cc(Cl)ccc2OCc2ccccc2)n1. The van der Waals surface area contributed by atoms with Crippen LogP contribution in [0.3, 0.4) is 0 Å². The molecule has 0 bridgehead atoms. The number of nitrogens with one attached hydrogen (secondary N) is 1. The molecule has 0 spiro atoms. The first-order valence-electron chi connectivity index (χ1n) is 11.6. The van der Waals surface area contributed by atoms with E-state index in [4.69, 9.17) is 21.1 Å². The summed E-state index contributed by atoms with van der Waals surface area (Å²) < 4.78 is 13.3. The van der Waals surface area contributed by atoms with Gasteiger partial charge >= 0.3 is 6.09 Å². The highest BCUT2D eigenvalue weighted by Crippen LogP contribution is 2.25. The molecule has 1 heterocycles. The third-order valence-electron chi connectivity index (χ3n) is 5.51. The second-order valence-electron chi connectivity index (χ2n) is 8.18. The smallest absolute Gasteiger partial charge is 0.413 e. The van der Waals surface area contributed by atoms with Crippen molar-refractivity contribution in [3.8, 4) is 5.75 Å². The highest BCUT2D eigenvalue weighted by molar-refractivity contribution is 6.30. The van der Waals surface area contributed by atoms with Crippen LogP contribution in [-0.2, 0) is 17.9 Å². The summed E-state index contributed by atoms with van der Waals surface area (Å²) in [5.41, 5.74) is 2.87. The quantitative estimate of drug-likeness (QED) is 0.375. The molecule has 8 heteroatoms. The molecule has 0 radical (unpaired) electrons. The highest BCUT2D eigenvalue weighted by Gasteiger charge is 2.15. The lowest BCUT2D eigenvalue weighted by Crippen LogP contribution is -2.34. The van der Waals surface area contributed by atoms with Crippen LogP contribution in [0, 0.1) is 6.92 Å². The summed E-state index contributed by atoms with van der Waals surface area (Å²) in [5.74, 6) is 1.17. The Bertz CT molecular complexity index is 1070. The number of aryl methyl sites for hydroxylation is 1. The van der Waals surface area contributed by atoms with Gasteiger partial charge in [0.25, 0.3) is 0 Å². The lowest BCUT2D eigenvalue weighted by atomic mass is 10.2.